The molecule has 0 aliphatic rings. The number of aromatic nitrogens is 3. The highest BCUT2D eigenvalue weighted by atomic mass is 19.4. The van der Waals surface area contributed by atoms with Crippen molar-refractivity contribution in [2.75, 3.05) is 5.32 Å². The van der Waals surface area contributed by atoms with E-state index in [-0.39, 0.29) is 11.6 Å². The molecule has 0 unspecified atom stereocenters. The summed E-state index contributed by atoms with van der Waals surface area (Å²) in [4.78, 5) is 7.73. The molecule has 1 N–H and O–H groups in total. The average molecular weight is 364 g/mol. The standard InChI is InChI=1S/C18H16F4N4/c1-11-13(4-3-5-15(11)19)8-23-17-7-6-14(9-24-17)26-10-16(18(20,21)22)25-12(26)2/h3-7,9-10H,8H2,1-2H3,(H,23,24). The fraction of sp³-hybridized carbons (Fsp3) is 0.222. The number of halogens is 4. The molecule has 0 fully saturated rings. The summed E-state index contributed by atoms with van der Waals surface area (Å²) in [5.74, 6) is 0.477. The highest BCUT2D eigenvalue weighted by molar-refractivity contribution is 5.43. The van der Waals surface area contributed by atoms with Gasteiger partial charge in [0.25, 0.3) is 0 Å². The van der Waals surface area contributed by atoms with Gasteiger partial charge in [0.15, 0.2) is 5.69 Å². The van der Waals surface area contributed by atoms with Gasteiger partial charge in [0.05, 0.1) is 11.9 Å². The number of hydrogen-bond acceptors (Lipinski definition) is 3. The summed E-state index contributed by atoms with van der Waals surface area (Å²) in [7, 11) is 0. The summed E-state index contributed by atoms with van der Waals surface area (Å²) < 4.78 is 53.1. The van der Waals surface area contributed by atoms with E-state index in [1.807, 2.05) is 6.07 Å². The summed E-state index contributed by atoms with van der Waals surface area (Å²) in [6, 6.07) is 8.14. The van der Waals surface area contributed by atoms with Crippen LogP contribution in [0.1, 0.15) is 22.6 Å². The van der Waals surface area contributed by atoms with Gasteiger partial charge in [-0.3, -0.25) is 0 Å². The Bertz CT molecular complexity index is 914. The lowest BCUT2D eigenvalue weighted by Crippen LogP contribution is -2.05. The molecule has 26 heavy (non-hydrogen) atoms. The third-order valence-corrected chi connectivity index (χ3v) is 4.04. The van der Waals surface area contributed by atoms with Crippen LogP contribution in [0.2, 0.25) is 0 Å². The lowest BCUT2D eigenvalue weighted by molar-refractivity contribution is -0.141. The Kier molecular flexibility index (Phi) is 4.67. The first-order chi connectivity index (χ1) is 12.3. The molecule has 0 saturated carbocycles. The average Bonchev–Trinajstić information content (AvgIpc) is 2.99. The van der Waals surface area contributed by atoms with Gasteiger partial charge in [-0.25, -0.2) is 14.4 Å². The van der Waals surface area contributed by atoms with Gasteiger partial charge in [-0.15, -0.1) is 0 Å². The predicted molar refractivity (Wildman–Crippen MR) is 89.6 cm³/mol. The number of alkyl halides is 3. The molecule has 0 bridgehead atoms. The number of hydrogen-bond donors (Lipinski definition) is 1. The summed E-state index contributed by atoms with van der Waals surface area (Å²) >= 11 is 0. The minimum absolute atomic E-state index is 0.218. The lowest BCUT2D eigenvalue weighted by Gasteiger charge is -2.10. The normalized spacial score (nSPS) is 11.6. The van der Waals surface area contributed by atoms with E-state index in [0.717, 1.165) is 11.8 Å². The molecule has 2 aromatic heterocycles. The number of rotatable bonds is 4. The Morgan fingerprint density at radius 2 is 1.88 bits per heavy atom. The van der Waals surface area contributed by atoms with Crippen LogP contribution < -0.4 is 5.32 Å². The largest absolute Gasteiger partial charge is 0.434 e. The maximum absolute atomic E-state index is 13.5. The van der Waals surface area contributed by atoms with E-state index >= 15 is 0 Å². The van der Waals surface area contributed by atoms with Gasteiger partial charge in [0.1, 0.15) is 17.5 Å². The van der Waals surface area contributed by atoms with Crippen molar-refractivity contribution in [1.82, 2.24) is 14.5 Å². The molecule has 0 radical (unpaired) electrons. The Morgan fingerprint density at radius 3 is 2.50 bits per heavy atom. The molecule has 3 rings (SSSR count). The van der Waals surface area contributed by atoms with E-state index in [1.54, 1.807) is 25.1 Å². The number of anilines is 1. The first-order valence-electron chi connectivity index (χ1n) is 7.83. The van der Waals surface area contributed by atoms with Gasteiger partial charge in [-0.05, 0) is 43.2 Å². The van der Waals surface area contributed by atoms with E-state index in [0.29, 0.717) is 23.6 Å². The highest BCUT2D eigenvalue weighted by Gasteiger charge is 2.34. The smallest absolute Gasteiger partial charge is 0.366 e. The maximum atomic E-state index is 13.5. The van der Waals surface area contributed by atoms with Gasteiger partial charge < -0.3 is 9.88 Å². The predicted octanol–water partition coefficient (Wildman–Crippen LogP) is 4.65. The van der Waals surface area contributed by atoms with Gasteiger partial charge in [0, 0.05) is 12.7 Å². The second-order valence-corrected chi connectivity index (χ2v) is 5.82. The van der Waals surface area contributed by atoms with Crippen LogP contribution in [-0.2, 0) is 12.7 Å². The topological polar surface area (TPSA) is 42.7 Å². The second-order valence-electron chi connectivity index (χ2n) is 5.82. The van der Waals surface area contributed by atoms with Crippen molar-refractivity contribution in [3.8, 4) is 5.69 Å². The fourth-order valence-electron chi connectivity index (χ4n) is 2.53. The van der Waals surface area contributed by atoms with Gasteiger partial charge in [-0.1, -0.05) is 12.1 Å². The van der Waals surface area contributed by atoms with Crippen molar-refractivity contribution in [1.29, 1.82) is 0 Å². The van der Waals surface area contributed by atoms with Crippen molar-refractivity contribution in [3.05, 3.63) is 71.2 Å². The molecule has 0 spiro atoms. The van der Waals surface area contributed by atoms with Crippen LogP contribution in [0.3, 0.4) is 0 Å². The van der Waals surface area contributed by atoms with Crippen molar-refractivity contribution in [2.24, 2.45) is 0 Å². The number of imidazole rings is 1. The van der Waals surface area contributed by atoms with Gasteiger partial charge in [-0.2, -0.15) is 13.2 Å². The molecule has 0 amide bonds. The molecule has 1 aromatic carbocycles. The Balaban J connectivity index is 1.75. The summed E-state index contributed by atoms with van der Waals surface area (Å²) in [6.45, 7) is 3.58. The van der Waals surface area contributed by atoms with E-state index in [1.165, 1.54) is 23.8 Å². The first kappa shape index (κ1) is 17.9. The zero-order valence-electron chi connectivity index (χ0n) is 14.1. The molecular weight excluding hydrogens is 348 g/mol. The molecule has 136 valence electrons. The van der Waals surface area contributed by atoms with Crippen LogP contribution in [0.5, 0.6) is 0 Å². The molecule has 0 atom stereocenters. The molecular formula is C18H16F4N4. The molecule has 3 aromatic rings. The molecule has 4 nitrogen and oxygen atoms in total. The number of benzene rings is 1. The second kappa shape index (κ2) is 6.78. The maximum Gasteiger partial charge on any atom is 0.434 e. The zero-order valence-corrected chi connectivity index (χ0v) is 14.1. The SMILES string of the molecule is Cc1c(F)cccc1CNc1ccc(-n2cc(C(F)(F)F)nc2C)cn1. The zero-order chi connectivity index (χ0) is 18.9. The summed E-state index contributed by atoms with van der Waals surface area (Å²) in [5, 5.41) is 3.07. The Hall–Kier alpha value is -2.90. The minimum atomic E-state index is -4.49. The van der Waals surface area contributed by atoms with Crippen LogP contribution in [0.25, 0.3) is 5.69 Å². The number of nitrogens with zero attached hydrogens (tertiary/aromatic N) is 3. The third-order valence-electron chi connectivity index (χ3n) is 4.04. The van der Waals surface area contributed by atoms with Crippen molar-refractivity contribution in [2.45, 2.75) is 26.6 Å². The summed E-state index contributed by atoms with van der Waals surface area (Å²) in [6.07, 6.45) is -2.10. The minimum Gasteiger partial charge on any atom is -0.366 e. The molecule has 0 saturated heterocycles. The molecule has 0 aliphatic heterocycles. The van der Waals surface area contributed by atoms with Crippen molar-refractivity contribution < 1.29 is 17.6 Å². The Labute approximate surface area is 147 Å². The Morgan fingerprint density at radius 1 is 1.12 bits per heavy atom. The first-order valence-corrected chi connectivity index (χ1v) is 7.83. The lowest BCUT2D eigenvalue weighted by atomic mass is 10.1. The van der Waals surface area contributed by atoms with E-state index in [4.69, 9.17) is 0 Å². The van der Waals surface area contributed by atoms with Crippen LogP contribution in [0.4, 0.5) is 23.4 Å². The third kappa shape index (κ3) is 3.68. The molecule has 8 heteroatoms. The fourth-order valence-corrected chi connectivity index (χ4v) is 2.53. The van der Waals surface area contributed by atoms with Crippen LogP contribution in [0.15, 0.2) is 42.7 Å². The monoisotopic (exact) mass is 364 g/mol. The van der Waals surface area contributed by atoms with Gasteiger partial charge >= 0.3 is 6.18 Å². The van der Waals surface area contributed by atoms with E-state index < -0.39 is 11.9 Å². The summed E-state index contributed by atoms with van der Waals surface area (Å²) in [5.41, 5.74) is 0.887. The van der Waals surface area contributed by atoms with Crippen LogP contribution in [0, 0.1) is 19.7 Å². The molecule has 2 heterocycles. The van der Waals surface area contributed by atoms with Crippen LogP contribution in [-0.4, -0.2) is 14.5 Å². The highest BCUT2D eigenvalue weighted by Crippen LogP contribution is 2.29. The van der Waals surface area contributed by atoms with E-state index in [2.05, 4.69) is 15.3 Å². The van der Waals surface area contributed by atoms with Crippen LogP contribution >= 0.6 is 0 Å². The van der Waals surface area contributed by atoms with Crippen molar-refractivity contribution in [3.63, 3.8) is 0 Å². The number of aryl methyl sites for hydroxylation is 1. The molecule has 0 aliphatic carbocycles. The van der Waals surface area contributed by atoms with Crippen molar-refractivity contribution >= 4 is 5.82 Å². The van der Waals surface area contributed by atoms with Gasteiger partial charge in [0.2, 0.25) is 0 Å². The van der Waals surface area contributed by atoms with E-state index in [9.17, 15) is 17.6 Å². The number of nitrogens with one attached hydrogen (secondary N) is 1. The quantitative estimate of drug-likeness (QED) is 0.685. The number of pyridine rings is 1.